The zero-order valence-electron chi connectivity index (χ0n) is 9.05. The van der Waals surface area contributed by atoms with Gasteiger partial charge in [-0.3, -0.25) is 4.79 Å². The van der Waals surface area contributed by atoms with E-state index in [2.05, 4.69) is 5.32 Å². The van der Waals surface area contributed by atoms with E-state index in [1.165, 1.54) is 0 Å². The van der Waals surface area contributed by atoms with Crippen molar-refractivity contribution in [2.45, 2.75) is 19.4 Å². The molecule has 1 unspecified atom stereocenters. The number of likely N-dealkylation sites (N-methyl/N-ethyl adjacent to an activating group) is 1. The highest BCUT2D eigenvalue weighted by molar-refractivity contribution is 6.42. The van der Waals surface area contributed by atoms with Crippen LogP contribution < -0.4 is 10.2 Å². The number of rotatable bonds is 1. The molecule has 1 amide bonds. The number of hydrogen-bond acceptors (Lipinski definition) is 2. The van der Waals surface area contributed by atoms with Crippen LogP contribution in [0.1, 0.15) is 13.3 Å². The van der Waals surface area contributed by atoms with Gasteiger partial charge >= 0.3 is 0 Å². The summed E-state index contributed by atoms with van der Waals surface area (Å²) in [5, 5.41) is 3.78. The molecule has 0 saturated heterocycles. The third-order valence-electron chi connectivity index (χ3n) is 2.83. The molecule has 1 atom stereocenters. The summed E-state index contributed by atoms with van der Waals surface area (Å²) in [5.74, 6) is -0.00381. The molecule has 1 aliphatic heterocycles. The van der Waals surface area contributed by atoms with Gasteiger partial charge in [0.1, 0.15) is 6.04 Å². The number of carbonyl (C=O) groups excluding carboxylic acids is 1. The summed E-state index contributed by atoms with van der Waals surface area (Å²) in [7, 11) is 1.88. The number of amides is 1. The zero-order chi connectivity index (χ0) is 11.9. The van der Waals surface area contributed by atoms with E-state index in [1.807, 2.05) is 18.9 Å². The standard InChI is InChI=1S/C11H12Cl2N2O/c1-3-9-11(16)14-8-4-6(12)7(13)5-10(8)15(9)2/h4-5,9H,3H2,1-2H3,(H,14,16). The highest BCUT2D eigenvalue weighted by atomic mass is 35.5. The summed E-state index contributed by atoms with van der Waals surface area (Å²) in [6.45, 7) is 1.98. The third kappa shape index (κ3) is 1.74. The Kier molecular flexibility index (Phi) is 3.00. The summed E-state index contributed by atoms with van der Waals surface area (Å²) in [5.41, 5.74) is 1.62. The van der Waals surface area contributed by atoms with E-state index in [4.69, 9.17) is 23.2 Å². The van der Waals surface area contributed by atoms with Crippen molar-refractivity contribution in [2.24, 2.45) is 0 Å². The maximum Gasteiger partial charge on any atom is 0.247 e. The number of anilines is 2. The summed E-state index contributed by atoms with van der Waals surface area (Å²) >= 11 is 11.9. The van der Waals surface area contributed by atoms with Crippen LogP contribution in [0.5, 0.6) is 0 Å². The molecule has 0 spiro atoms. The average Bonchev–Trinajstić information content (AvgIpc) is 2.22. The Balaban J connectivity index is 2.51. The number of hydrogen-bond donors (Lipinski definition) is 1. The van der Waals surface area contributed by atoms with Crippen LogP contribution in [0, 0.1) is 0 Å². The SMILES string of the molecule is CCC1C(=O)Nc2cc(Cl)c(Cl)cc2N1C. The number of nitrogens with zero attached hydrogens (tertiary/aromatic N) is 1. The summed E-state index contributed by atoms with van der Waals surface area (Å²) in [4.78, 5) is 13.7. The average molecular weight is 259 g/mol. The van der Waals surface area contributed by atoms with Gasteiger partial charge in [0.15, 0.2) is 0 Å². The first kappa shape index (κ1) is 11.6. The molecule has 0 aromatic heterocycles. The Morgan fingerprint density at radius 1 is 1.38 bits per heavy atom. The van der Waals surface area contributed by atoms with Crippen molar-refractivity contribution in [2.75, 3.05) is 17.3 Å². The smallest absolute Gasteiger partial charge is 0.247 e. The molecule has 2 rings (SSSR count). The number of halogens is 2. The van der Waals surface area contributed by atoms with Crippen molar-refractivity contribution in [3.8, 4) is 0 Å². The molecule has 5 heteroatoms. The molecular weight excluding hydrogens is 247 g/mol. The molecule has 1 aromatic rings. The number of nitrogens with one attached hydrogen (secondary N) is 1. The van der Waals surface area contributed by atoms with E-state index in [0.29, 0.717) is 15.7 Å². The Hall–Kier alpha value is -0.930. The van der Waals surface area contributed by atoms with Crippen LogP contribution in [-0.2, 0) is 4.79 Å². The van der Waals surface area contributed by atoms with Gasteiger partial charge in [0.05, 0.1) is 21.4 Å². The fourth-order valence-corrected chi connectivity index (χ4v) is 2.27. The van der Waals surface area contributed by atoms with Crippen LogP contribution in [0.4, 0.5) is 11.4 Å². The first-order chi connectivity index (χ1) is 7.54. The molecule has 0 bridgehead atoms. The molecule has 0 saturated carbocycles. The van der Waals surface area contributed by atoms with Gasteiger partial charge < -0.3 is 10.2 Å². The molecule has 1 aromatic carbocycles. The fraction of sp³-hybridized carbons (Fsp3) is 0.364. The van der Waals surface area contributed by atoms with Gasteiger partial charge in [0.2, 0.25) is 5.91 Å². The minimum Gasteiger partial charge on any atom is -0.361 e. The van der Waals surface area contributed by atoms with Gasteiger partial charge in [-0.15, -0.1) is 0 Å². The molecule has 0 fully saturated rings. The largest absolute Gasteiger partial charge is 0.361 e. The van der Waals surface area contributed by atoms with Crippen LogP contribution in [-0.4, -0.2) is 19.0 Å². The summed E-state index contributed by atoms with van der Waals surface area (Å²) < 4.78 is 0. The van der Waals surface area contributed by atoms with Crippen molar-refractivity contribution in [1.82, 2.24) is 0 Å². The van der Waals surface area contributed by atoms with Crippen LogP contribution in [0.25, 0.3) is 0 Å². The molecule has 0 aliphatic carbocycles. The maximum atomic E-state index is 11.8. The van der Waals surface area contributed by atoms with E-state index in [-0.39, 0.29) is 11.9 Å². The van der Waals surface area contributed by atoms with Crippen molar-refractivity contribution in [3.63, 3.8) is 0 Å². The van der Waals surface area contributed by atoms with E-state index in [0.717, 1.165) is 12.1 Å². The van der Waals surface area contributed by atoms with Crippen molar-refractivity contribution in [1.29, 1.82) is 0 Å². The molecule has 16 heavy (non-hydrogen) atoms. The minimum atomic E-state index is -0.148. The van der Waals surface area contributed by atoms with Crippen LogP contribution in [0.3, 0.4) is 0 Å². The first-order valence-electron chi connectivity index (χ1n) is 5.07. The molecule has 0 radical (unpaired) electrons. The monoisotopic (exact) mass is 258 g/mol. The minimum absolute atomic E-state index is 0.00381. The second-order valence-electron chi connectivity index (χ2n) is 3.81. The van der Waals surface area contributed by atoms with Gasteiger partial charge in [-0.05, 0) is 18.6 Å². The van der Waals surface area contributed by atoms with Gasteiger partial charge in [-0.1, -0.05) is 30.1 Å². The predicted octanol–water partition coefficient (Wildman–Crippen LogP) is 3.16. The molecule has 86 valence electrons. The normalized spacial score (nSPS) is 19.4. The zero-order valence-corrected chi connectivity index (χ0v) is 10.6. The number of benzene rings is 1. The Morgan fingerprint density at radius 3 is 2.62 bits per heavy atom. The van der Waals surface area contributed by atoms with Gasteiger partial charge in [0, 0.05) is 7.05 Å². The maximum absolute atomic E-state index is 11.8. The molecule has 1 N–H and O–H groups in total. The highest BCUT2D eigenvalue weighted by Crippen LogP contribution is 2.38. The molecule has 1 heterocycles. The van der Waals surface area contributed by atoms with Crippen molar-refractivity contribution >= 4 is 40.5 Å². The lowest BCUT2D eigenvalue weighted by molar-refractivity contribution is -0.117. The van der Waals surface area contributed by atoms with E-state index >= 15 is 0 Å². The van der Waals surface area contributed by atoms with Gasteiger partial charge in [0.25, 0.3) is 0 Å². The topological polar surface area (TPSA) is 32.3 Å². The third-order valence-corrected chi connectivity index (χ3v) is 3.56. The lowest BCUT2D eigenvalue weighted by Crippen LogP contribution is -2.45. The lowest BCUT2D eigenvalue weighted by atomic mass is 10.1. The van der Waals surface area contributed by atoms with Crippen molar-refractivity contribution in [3.05, 3.63) is 22.2 Å². The quantitative estimate of drug-likeness (QED) is 0.840. The van der Waals surface area contributed by atoms with Crippen LogP contribution >= 0.6 is 23.2 Å². The number of fused-ring (bicyclic) bond motifs is 1. The van der Waals surface area contributed by atoms with Crippen LogP contribution in [0.15, 0.2) is 12.1 Å². The Morgan fingerprint density at radius 2 is 2.00 bits per heavy atom. The first-order valence-corrected chi connectivity index (χ1v) is 5.83. The Labute approximate surface area is 104 Å². The summed E-state index contributed by atoms with van der Waals surface area (Å²) in [6, 6.07) is 3.31. The van der Waals surface area contributed by atoms with Crippen molar-refractivity contribution < 1.29 is 4.79 Å². The van der Waals surface area contributed by atoms with Crippen LogP contribution in [0.2, 0.25) is 10.0 Å². The Bertz CT molecular complexity index is 448. The van der Waals surface area contributed by atoms with E-state index in [9.17, 15) is 4.79 Å². The molecular formula is C11H12Cl2N2O. The van der Waals surface area contributed by atoms with E-state index in [1.54, 1.807) is 12.1 Å². The second-order valence-corrected chi connectivity index (χ2v) is 4.62. The molecule has 1 aliphatic rings. The number of carbonyl (C=O) groups is 1. The van der Waals surface area contributed by atoms with Gasteiger partial charge in [-0.25, -0.2) is 0 Å². The van der Waals surface area contributed by atoms with Gasteiger partial charge in [-0.2, -0.15) is 0 Å². The predicted molar refractivity (Wildman–Crippen MR) is 67.6 cm³/mol. The fourth-order valence-electron chi connectivity index (χ4n) is 1.95. The second kappa shape index (κ2) is 4.15. The summed E-state index contributed by atoms with van der Waals surface area (Å²) in [6.07, 6.45) is 0.752. The lowest BCUT2D eigenvalue weighted by Gasteiger charge is -2.34. The van der Waals surface area contributed by atoms with E-state index < -0.39 is 0 Å². The highest BCUT2D eigenvalue weighted by Gasteiger charge is 2.29. The molecule has 3 nitrogen and oxygen atoms in total.